The molecule has 2 aromatic carbocycles. The number of carbonyl (C=O) groups excluding carboxylic acids is 3. The van der Waals surface area contributed by atoms with Gasteiger partial charge in [-0.05, 0) is 37.0 Å². The van der Waals surface area contributed by atoms with Gasteiger partial charge in [0, 0.05) is 12.2 Å². The minimum atomic E-state index is -1.10. The largest absolute Gasteiger partial charge is 0.394 e. The van der Waals surface area contributed by atoms with Crippen molar-refractivity contribution in [3.05, 3.63) is 66.2 Å². The Morgan fingerprint density at radius 1 is 1.08 bits per heavy atom. The quantitative estimate of drug-likeness (QED) is 0.430. The Morgan fingerprint density at radius 3 is 2.46 bits per heavy atom. The lowest BCUT2D eigenvalue weighted by molar-refractivity contribution is -0.145. The maximum absolute atomic E-state index is 14.2. The minimum Gasteiger partial charge on any atom is -0.394 e. The van der Waals surface area contributed by atoms with Crippen LogP contribution in [0.3, 0.4) is 0 Å². The van der Waals surface area contributed by atoms with Gasteiger partial charge in [0.15, 0.2) is 0 Å². The molecule has 1 spiro atoms. The molecule has 0 aliphatic carbocycles. The Balaban J connectivity index is 1.50. The fourth-order valence-corrected chi connectivity index (χ4v) is 6.49. The molecular formula is C29H35N3O5. The fraction of sp³-hybridized carbons (Fsp3) is 0.483. The third kappa shape index (κ3) is 4.42. The number of hydrogen-bond donors (Lipinski definition) is 3. The molecular weight excluding hydrogens is 470 g/mol. The first kappa shape index (κ1) is 25.4. The number of likely N-dealkylation sites (tertiary alicyclic amines) is 1. The molecule has 0 aromatic heterocycles. The topological polar surface area (TPSA) is 108 Å². The maximum Gasteiger partial charge on any atom is 0.245 e. The molecule has 3 aliphatic rings. The van der Waals surface area contributed by atoms with Gasteiger partial charge in [-0.1, -0.05) is 68.3 Å². The summed E-state index contributed by atoms with van der Waals surface area (Å²) in [6.07, 6.45) is 3.54. The molecule has 2 aromatic rings. The number of aliphatic hydroxyl groups is 1. The second-order valence-corrected chi connectivity index (χ2v) is 10.3. The predicted molar refractivity (Wildman–Crippen MR) is 138 cm³/mol. The molecule has 8 heteroatoms. The van der Waals surface area contributed by atoms with Crippen molar-refractivity contribution in [1.82, 2.24) is 10.2 Å². The van der Waals surface area contributed by atoms with Crippen molar-refractivity contribution in [2.75, 3.05) is 18.5 Å². The summed E-state index contributed by atoms with van der Waals surface area (Å²) in [5.74, 6) is -2.38. The van der Waals surface area contributed by atoms with E-state index in [1.165, 1.54) is 4.90 Å². The van der Waals surface area contributed by atoms with E-state index in [4.69, 9.17) is 4.74 Å². The third-order valence-corrected chi connectivity index (χ3v) is 8.10. The average molecular weight is 506 g/mol. The first-order valence-electron chi connectivity index (χ1n) is 13.3. The highest BCUT2D eigenvalue weighted by molar-refractivity contribution is 6.02. The van der Waals surface area contributed by atoms with Gasteiger partial charge in [0.25, 0.3) is 0 Å². The molecule has 0 radical (unpaired) electrons. The van der Waals surface area contributed by atoms with E-state index in [1.807, 2.05) is 48.5 Å². The molecule has 2 bridgehead atoms. The van der Waals surface area contributed by atoms with Crippen LogP contribution < -0.4 is 10.6 Å². The number of para-hydroxylation sites is 1. The van der Waals surface area contributed by atoms with Gasteiger partial charge in [-0.15, -0.1) is 0 Å². The summed E-state index contributed by atoms with van der Waals surface area (Å²) >= 11 is 0. The van der Waals surface area contributed by atoms with Crippen molar-refractivity contribution in [3.63, 3.8) is 0 Å². The molecule has 0 saturated carbocycles. The van der Waals surface area contributed by atoms with Crippen LogP contribution >= 0.6 is 0 Å². The molecule has 3 saturated heterocycles. The molecule has 2 unspecified atom stereocenters. The van der Waals surface area contributed by atoms with Crippen LogP contribution in [0.1, 0.15) is 50.6 Å². The van der Waals surface area contributed by atoms with Gasteiger partial charge in [-0.2, -0.15) is 0 Å². The van der Waals surface area contributed by atoms with Crippen LogP contribution in [0.4, 0.5) is 5.69 Å². The van der Waals surface area contributed by atoms with Crippen LogP contribution in [0.2, 0.25) is 0 Å². The summed E-state index contributed by atoms with van der Waals surface area (Å²) in [5, 5.41) is 16.4. The van der Waals surface area contributed by atoms with Crippen LogP contribution in [0.25, 0.3) is 0 Å². The SMILES string of the molecule is CCCCCNC(=O)C1N([C@H](CO)c2ccccc2)C(=O)[C@@H]2[C@@H](C(=O)Nc3ccccc3)[C@H]3CCC12O3. The molecule has 196 valence electrons. The van der Waals surface area contributed by atoms with Crippen LogP contribution in [0.15, 0.2) is 60.7 Å². The summed E-state index contributed by atoms with van der Waals surface area (Å²) in [7, 11) is 0. The zero-order valence-corrected chi connectivity index (χ0v) is 21.1. The normalized spacial score (nSPS) is 28.7. The zero-order chi connectivity index (χ0) is 26.0. The molecule has 3 aliphatic heterocycles. The lowest BCUT2D eigenvalue weighted by atomic mass is 9.70. The van der Waals surface area contributed by atoms with E-state index >= 15 is 0 Å². The van der Waals surface area contributed by atoms with Crippen molar-refractivity contribution in [2.45, 2.75) is 62.8 Å². The van der Waals surface area contributed by atoms with Crippen molar-refractivity contribution < 1.29 is 24.2 Å². The third-order valence-electron chi connectivity index (χ3n) is 8.10. The molecule has 3 heterocycles. The number of amides is 3. The monoisotopic (exact) mass is 505 g/mol. The standard InChI is InChI=1S/C29H35N3O5/c1-2-3-10-17-30-27(35)25-29-16-15-22(37-29)23(26(34)31-20-13-8-5-9-14-20)24(29)28(36)32(25)21(18-33)19-11-6-4-7-12-19/h4-9,11-14,21-25,33H,2-3,10,15-18H2,1H3,(H,30,35)(H,31,34)/t21-,22-,23+,24+,25?,29?/m1/s1. The molecule has 6 atom stereocenters. The van der Waals surface area contributed by atoms with Crippen molar-refractivity contribution >= 4 is 23.4 Å². The summed E-state index contributed by atoms with van der Waals surface area (Å²) in [4.78, 5) is 42.9. The number of fused-ring (bicyclic) bond motifs is 1. The second-order valence-electron chi connectivity index (χ2n) is 10.3. The Morgan fingerprint density at radius 2 is 1.78 bits per heavy atom. The van der Waals surface area contributed by atoms with Crippen molar-refractivity contribution in [1.29, 1.82) is 0 Å². The van der Waals surface area contributed by atoms with Gasteiger partial charge in [0.2, 0.25) is 17.7 Å². The minimum absolute atomic E-state index is 0.277. The number of rotatable bonds is 10. The lowest BCUT2D eigenvalue weighted by Gasteiger charge is -2.36. The summed E-state index contributed by atoms with van der Waals surface area (Å²) in [6.45, 7) is 2.25. The molecule has 5 rings (SSSR count). The number of benzene rings is 2. The van der Waals surface area contributed by atoms with Crippen molar-refractivity contribution in [2.24, 2.45) is 11.8 Å². The van der Waals surface area contributed by atoms with E-state index in [2.05, 4.69) is 17.6 Å². The molecule has 3 N–H and O–H groups in total. The highest BCUT2D eigenvalue weighted by atomic mass is 16.5. The summed E-state index contributed by atoms with van der Waals surface area (Å²) in [6, 6.07) is 16.7. The van der Waals surface area contributed by atoms with Gasteiger partial charge in [0.05, 0.1) is 30.6 Å². The number of anilines is 1. The predicted octanol–water partition coefficient (Wildman–Crippen LogP) is 3.04. The number of hydrogen-bond acceptors (Lipinski definition) is 5. The highest BCUT2D eigenvalue weighted by Gasteiger charge is 2.75. The Labute approximate surface area is 217 Å². The Hall–Kier alpha value is -3.23. The van der Waals surface area contributed by atoms with Gasteiger partial charge in [-0.25, -0.2) is 0 Å². The lowest BCUT2D eigenvalue weighted by Crippen LogP contribution is -2.56. The van der Waals surface area contributed by atoms with Crippen LogP contribution in [-0.4, -0.2) is 58.6 Å². The number of nitrogens with zero attached hydrogens (tertiary/aromatic N) is 1. The van der Waals surface area contributed by atoms with Gasteiger partial charge in [0.1, 0.15) is 11.6 Å². The first-order chi connectivity index (χ1) is 18.0. The smallest absolute Gasteiger partial charge is 0.245 e. The van der Waals surface area contributed by atoms with Crippen molar-refractivity contribution in [3.8, 4) is 0 Å². The van der Waals surface area contributed by atoms with Gasteiger partial charge in [-0.3, -0.25) is 14.4 Å². The fourth-order valence-electron chi connectivity index (χ4n) is 6.49. The molecule has 37 heavy (non-hydrogen) atoms. The molecule has 3 amide bonds. The van der Waals surface area contributed by atoms with Crippen LogP contribution in [0, 0.1) is 11.8 Å². The average Bonchev–Trinajstić information content (AvgIpc) is 3.56. The van der Waals surface area contributed by atoms with E-state index in [9.17, 15) is 19.5 Å². The first-order valence-corrected chi connectivity index (χ1v) is 13.3. The number of aliphatic hydroxyl groups excluding tert-OH is 1. The van der Waals surface area contributed by atoms with E-state index in [-0.39, 0.29) is 24.3 Å². The van der Waals surface area contributed by atoms with E-state index in [0.717, 1.165) is 24.8 Å². The maximum atomic E-state index is 14.2. The molecule has 8 nitrogen and oxygen atoms in total. The number of nitrogens with one attached hydrogen (secondary N) is 2. The number of unbranched alkanes of at least 4 members (excludes halogenated alkanes) is 2. The number of carbonyl (C=O) groups is 3. The second kappa shape index (κ2) is 10.6. The highest BCUT2D eigenvalue weighted by Crippen LogP contribution is 2.59. The molecule has 3 fully saturated rings. The van der Waals surface area contributed by atoms with Gasteiger partial charge < -0.3 is 25.4 Å². The van der Waals surface area contributed by atoms with Gasteiger partial charge >= 0.3 is 0 Å². The summed E-state index contributed by atoms with van der Waals surface area (Å²) in [5.41, 5.74) is 0.282. The van der Waals surface area contributed by atoms with Crippen LogP contribution in [-0.2, 0) is 19.1 Å². The van der Waals surface area contributed by atoms with Crippen LogP contribution in [0.5, 0.6) is 0 Å². The van der Waals surface area contributed by atoms with E-state index in [0.29, 0.717) is 25.1 Å². The van der Waals surface area contributed by atoms with E-state index < -0.39 is 35.6 Å². The Kier molecular flexibility index (Phi) is 7.31. The number of ether oxygens (including phenoxy) is 1. The zero-order valence-electron chi connectivity index (χ0n) is 21.1. The van der Waals surface area contributed by atoms with E-state index in [1.54, 1.807) is 12.1 Å². The summed E-state index contributed by atoms with van der Waals surface area (Å²) < 4.78 is 6.48. The Bertz CT molecular complexity index is 1130.